The zero-order valence-electron chi connectivity index (χ0n) is 10.5. The fourth-order valence-electron chi connectivity index (χ4n) is 1.27. The van der Waals surface area contributed by atoms with Crippen molar-refractivity contribution in [1.82, 2.24) is 4.72 Å². The second-order valence-corrected chi connectivity index (χ2v) is 6.66. The topological polar surface area (TPSA) is 70.0 Å². The highest BCUT2D eigenvalue weighted by molar-refractivity contribution is 7.89. The first kappa shape index (κ1) is 15.0. The Kier molecular flexibility index (Phi) is 4.38. The van der Waals surface area contributed by atoms with E-state index in [0.29, 0.717) is 6.42 Å². The van der Waals surface area contributed by atoms with Crippen molar-refractivity contribution in [3.8, 4) is 6.07 Å². The van der Waals surface area contributed by atoms with Crippen molar-refractivity contribution >= 4 is 21.6 Å². The molecule has 0 amide bonds. The van der Waals surface area contributed by atoms with Crippen molar-refractivity contribution in [2.24, 2.45) is 0 Å². The summed E-state index contributed by atoms with van der Waals surface area (Å²) in [6.45, 7) is 5.45. The molecule has 4 nitrogen and oxygen atoms in total. The van der Waals surface area contributed by atoms with Gasteiger partial charge in [-0.1, -0.05) is 18.5 Å². The van der Waals surface area contributed by atoms with E-state index in [2.05, 4.69) is 4.72 Å². The Labute approximate surface area is 113 Å². The van der Waals surface area contributed by atoms with Crippen LogP contribution in [0.4, 0.5) is 0 Å². The molecule has 0 aromatic heterocycles. The quantitative estimate of drug-likeness (QED) is 0.925. The maximum Gasteiger partial charge on any atom is 0.242 e. The van der Waals surface area contributed by atoms with Gasteiger partial charge in [0.2, 0.25) is 10.0 Å². The molecule has 18 heavy (non-hydrogen) atoms. The second-order valence-electron chi connectivity index (χ2n) is 4.60. The van der Waals surface area contributed by atoms with Crippen molar-refractivity contribution in [2.45, 2.75) is 37.6 Å². The molecule has 0 aliphatic carbocycles. The first-order valence-corrected chi connectivity index (χ1v) is 7.31. The van der Waals surface area contributed by atoms with E-state index in [1.807, 2.05) is 13.0 Å². The Bertz CT molecular complexity index is 589. The Morgan fingerprint density at radius 3 is 2.56 bits per heavy atom. The highest BCUT2D eigenvalue weighted by atomic mass is 35.5. The summed E-state index contributed by atoms with van der Waals surface area (Å²) in [6.07, 6.45) is 0.641. The Hall–Kier alpha value is -1.09. The normalized spacial score (nSPS) is 12.2. The van der Waals surface area contributed by atoms with Crippen LogP contribution in [-0.4, -0.2) is 14.0 Å². The van der Waals surface area contributed by atoms with Gasteiger partial charge in [-0.05, 0) is 38.5 Å². The van der Waals surface area contributed by atoms with E-state index in [-0.39, 0.29) is 15.5 Å². The number of sulfonamides is 1. The van der Waals surface area contributed by atoms with Crippen LogP contribution in [0.15, 0.2) is 23.1 Å². The van der Waals surface area contributed by atoms with Gasteiger partial charge in [-0.3, -0.25) is 0 Å². The molecule has 98 valence electrons. The van der Waals surface area contributed by atoms with Crippen LogP contribution in [-0.2, 0) is 10.0 Å². The van der Waals surface area contributed by atoms with Gasteiger partial charge in [0, 0.05) is 5.54 Å². The summed E-state index contributed by atoms with van der Waals surface area (Å²) in [7, 11) is -3.73. The van der Waals surface area contributed by atoms with E-state index in [0.717, 1.165) is 0 Å². The van der Waals surface area contributed by atoms with E-state index in [1.165, 1.54) is 18.2 Å². The molecule has 0 fully saturated rings. The molecule has 0 saturated heterocycles. The molecule has 1 aromatic rings. The maximum absolute atomic E-state index is 12.2. The summed E-state index contributed by atoms with van der Waals surface area (Å²) >= 11 is 5.88. The molecule has 0 saturated carbocycles. The van der Waals surface area contributed by atoms with Crippen molar-refractivity contribution in [1.29, 1.82) is 5.26 Å². The average molecular weight is 287 g/mol. The number of nitrogens with one attached hydrogen (secondary N) is 1. The largest absolute Gasteiger partial charge is 0.242 e. The summed E-state index contributed by atoms with van der Waals surface area (Å²) in [5, 5.41) is 8.89. The standard InChI is InChI=1S/C12H15ClN2O2S/c1-4-12(2,3)15-18(16,17)11-7-9(8-14)5-6-10(11)13/h5-7,15H,4H2,1-3H3. The Morgan fingerprint density at radius 1 is 1.44 bits per heavy atom. The first-order valence-electron chi connectivity index (χ1n) is 5.45. The molecule has 1 N–H and O–H groups in total. The SMILES string of the molecule is CCC(C)(C)NS(=O)(=O)c1cc(C#N)ccc1Cl. The molecule has 1 aromatic carbocycles. The third-order valence-corrected chi connectivity index (χ3v) is 4.82. The predicted octanol–water partition coefficient (Wildman–Crippen LogP) is 2.68. The summed E-state index contributed by atoms with van der Waals surface area (Å²) in [4.78, 5) is -0.0651. The molecule has 0 atom stereocenters. The molecular formula is C12H15ClN2O2S. The number of hydrogen-bond donors (Lipinski definition) is 1. The second kappa shape index (κ2) is 5.27. The van der Waals surface area contributed by atoms with Gasteiger partial charge in [0.05, 0.1) is 16.7 Å². The van der Waals surface area contributed by atoms with Crippen LogP contribution in [0.2, 0.25) is 5.02 Å². The lowest BCUT2D eigenvalue weighted by Crippen LogP contribution is -2.42. The summed E-state index contributed by atoms with van der Waals surface area (Å²) < 4.78 is 27.0. The molecule has 6 heteroatoms. The van der Waals surface area contributed by atoms with Crippen LogP contribution in [0.25, 0.3) is 0 Å². The van der Waals surface area contributed by atoms with E-state index >= 15 is 0 Å². The number of rotatable bonds is 4. The van der Waals surface area contributed by atoms with E-state index in [1.54, 1.807) is 13.8 Å². The number of nitriles is 1. The smallest absolute Gasteiger partial charge is 0.207 e. The fraction of sp³-hybridized carbons (Fsp3) is 0.417. The van der Waals surface area contributed by atoms with Gasteiger partial charge >= 0.3 is 0 Å². The third kappa shape index (κ3) is 3.45. The number of halogens is 1. The van der Waals surface area contributed by atoms with Crippen molar-refractivity contribution < 1.29 is 8.42 Å². The molecular weight excluding hydrogens is 272 g/mol. The van der Waals surface area contributed by atoms with Gasteiger partial charge in [0.25, 0.3) is 0 Å². The average Bonchev–Trinajstić information content (AvgIpc) is 2.28. The molecule has 0 unspecified atom stereocenters. The summed E-state index contributed by atoms with van der Waals surface area (Å²) in [5.74, 6) is 0. The van der Waals surface area contributed by atoms with Crippen LogP contribution in [0.3, 0.4) is 0 Å². The minimum absolute atomic E-state index is 0.0651. The molecule has 0 aliphatic heterocycles. The lowest BCUT2D eigenvalue weighted by atomic mass is 10.0. The molecule has 0 aliphatic rings. The number of nitrogens with zero attached hydrogens (tertiary/aromatic N) is 1. The minimum Gasteiger partial charge on any atom is -0.207 e. The van der Waals surface area contributed by atoms with E-state index in [9.17, 15) is 8.42 Å². The van der Waals surface area contributed by atoms with Crippen molar-refractivity contribution in [3.05, 3.63) is 28.8 Å². The van der Waals surface area contributed by atoms with Crippen LogP contribution in [0.1, 0.15) is 32.8 Å². The molecule has 1 rings (SSSR count). The van der Waals surface area contributed by atoms with Crippen LogP contribution in [0.5, 0.6) is 0 Å². The lowest BCUT2D eigenvalue weighted by Gasteiger charge is -2.24. The highest BCUT2D eigenvalue weighted by Gasteiger charge is 2.26. The van der Waals surface area contributed by atoms with Crippen molar-refractivity contribution in [2.75, 3.05) is 0 Å². The molecule has 0 bridgehead atoms. The van der Waals surface area contributed by atoms with Crippen LogP contribution in [0, 0.1) is 11.3 Å². The zero-order chi connectivity index (χ0) is 14.0. The highest BCUT2D eigenvalue weighted by Crippen LogP contribution is 2.24. The zero-order valence-corrected chi connectivity index (χ0v) is 12.1. The van der Waals surface area contributed by atoms with Gasteiger partial charge in [-0.15, -0.1) is 0 Å². The lowest BCUT2D eigenvalue weighted by molar-refractivity contribution is 0.439. The first-order chi connectivity index (χ1) is 8.22. The van der Waals surface area contributed by atoms with Gasteiger partial charge in [0.1, 0.15) is 4.90 Å². The Morgan fingerprint density at radius 2 is 2.06 bits per heavy atom. The van der Waals surface area contributed by atoms with Gasteiger partial charge in [0.15, 0.2) is 0 Å². The van der Waals surface area contributed by atoms with Gasteiger partial charge in [-0.25, -0.2) is 13.1 Å². The number of benzene rings is 1. The van der Waals surface area contributed by atoms with Gasteiger partial charge in [-0.2, -0.15) is 5.26 Å². The fourth-order valence-corrected chi connectivity index (χ4v) is 3.28. The Balaban J connectivity index is 3.25. The van der Waals surface area contributed by atoms with Crippen molar-refractivity contribution in [3.63, 3.8) is 0 Å². The van der Waals surface area contributed by atoms with E-state index in [4.69, 9.17) is 16.9 Å². The molecule has 0 radical (unpaired) electrons. The van der Waals surface area contributed by atoms with Crippen LogP contribution >= 0.6 is 11.6 Å². The monoisotopic (exact) mass is 286 g/mol. The molecule has 0 heterocycles. The van der Waals surface area contributed by atoms with E-state index < -0.39 is 15.6 Å². The maximum atomic E-state index is 12.2. The minimum atomic E-state index is -3.73. The summed E-state index contributed by atoms with van der Waals surface area (Å²) in [6, 6.07) is 6.06. The third-order valence-electron chi connectivity index (χ3n) is 2.64. The molecule has 0 spiro atoms. The van der Waals surface area contributed by atoms with Crippen LogP contribution < -0.4 is 4.72 Å². The summed E-state index contributed by atoms with van der Waals surface area (Å²) in [5.41, 5.74) is -0.306. The predicted molar refractivity (Wildman–Crippen MR) is 70.9 cm³/mol. The number of hydrogen-bond acceptors (Lipinski definition) is 3. The van der Waals surface area contributed by atoms with Gasteiger partial charge < -0.3 is 0 Å².